The van der Waals surface area contributed by atoms with Crippen LogP contribution in [0.3, 0.4) is 0 Å². The van der Waals surface area contributed by atoms with Gasteiger partial charge >= 0.3 is 0 Å². The summed E-state index contributed by atoms with van der Waals surface area (Å²) in [5.74, 6) is 0. The second kappa shape index (κ2) is 5.02. The van der Waals surface area contributed by atoms with Gasteiger partial charge < -0.3 is 4.90 Å². The number of rotatable bonds is 3. The van der Waals surface area contributed by atoms with E-state index in [0.29, 0.717) is 6.04 Å². The van der Waals surface area contributed by atoms with Crippen molar-refractivity contribution < 1.29 is 0 Å². The SMILES string of the molecule is C=C1CCC(N(CC)CC)CC1Cl. The molecular weight excluding hydrogens is 182 g/mol. The zero-order valence-corrected chi connectivity index (χ0v) is 9.48. The molecule has 0 heterocycles. The van der Waals surface area contributed by atoms with Crippen molar-refractivity contribution in [3.05, 3.63) is 12.2 Å². The first-order valence-corrected chi connectivity index (χ1v) is 5.68. The maximum absolute atomic E-state index is 6.19. The molecule has 1 fully saturated rings. The lowest BCUT2D eigenvalue weighted by molar-refractivity contribution is 0.186. The van der Waals surface area contributed by atoms with Gasteiger partial charge in [0.05, 0.1) is 5.38 Å². The van der Waals surface area contributed by atoms with E-state index in [1.54, 1.807) is 0 Å². The van der Waals surface area contributed by atoms with Gasteiger partial charge in [0, 0.05) is 6.04 Å². The van der Waals surface area contributed by atoms with Gasteiger partial charge in [-0.15, -0.1) is 11.6 Å². The third-order valence-electron chi connectivity index (χ3n) is 3.05. The van der Waals surface area contributed by atoms with Crippen LogP contribution in [0.2, 0.25) is 0 Å². The predicted octanol–water partition coefficient (Wildman–Crippen LogP) is 3.04. The van der Waals surface area contributed by atoms with Gasteiger partial charge in [0.25, 0.3) is 0 Å². The predicted molar refractivity (Wildman–Crippen MR) is 59.3 cm³/mol. The normalized spacial score (nSPS) is 29.7. The van der Waals surface area contributed by atoms with Crippen LogP contribution in [0.5, 0.6) is 0 Å². The highest BCUT2D eigenvalue weighted by Gasteiger charge is 2.25. The average Bonchev–Trinajstić information content (AvgIpc) is 2.13. The standard InChI is InChI=1S/C11H20ClN/c1-4-13(5-2)10-7-6-9(3)11(12)8-10/h10-11H,3-8H2,1-2H3. The Bertz CT molecular complexity index is 175. The van der Waals surface area contributed by atoms with Crippen LogP contribution >= 0.6 is 11.6 Å². The van der Waals surface area contributed by atoms with Gasteiger partial charge in [-0.25, -0.2) is 0 Å². The van der Waals surface area contributed by atoms with E-state index in [1.807, 2.05) is 0 Å². The van der Waals surface area contributed by atoms with Crippen LogP contribution in [-0.4, -0.2) is 29.4 Å². The van der Waals surface area contributed by atoms with Crippen molar-refractivity contribution in [3.8, 4) is 0 Å². The summed E-state index contributed by atoms with van der Waals surface area (Å²) >= 11 is 6.19. The van der Waals surface area contributed by atoms with E-state index in [4.69, 9.17) is 11.6 Å². The Morgan fingerprint density at radius 3 is 2.54 bits per heavy atom. The smallest absolute Gasteiger partial charge is 0.0557 e. The quantitative estimate of drug-likeness (QED) is 0.501. The highest BCUT2D eigenvalue weighted by Crippen LogP contribution is 2.29. The van der Waals surface area contributed by atoms with Crippen molar-refractivity contribution in [2.75, 3.05) is 13.1 Å². The van der Waals surface area contributed by atoms with Crippen LogP contribution in [0.15, 0.2) is 12.2 Å². The zero-order valence-electron chi connectivity index (χ0n) is 8.72. The second-order valence-electron chi connectivity index (χ2n) is 3.78. The van der Waals surface area contributed by atoms with Gasteiger partial charge in [-0.3, -0.25) is 0 Å². The van der Waals surface area contributed by atoms with Crippen LogP contribution in [-0.2, 0) is 0 Å². The summed E-state index contributed by atoms with van der Waals surface area (Å²) in [6.45, 7) is 10.7. The summed E-state index contributed by atoms with van der Waals surface area (Å²) in [5, 5.41) is 0.208. The third-order valence-corrected chi connectivity index (χ3v) is 3.54. The summed E-state index contributed by atoms with van der Waals surface area (Å²) in [4.78, 5) is 2.50. The summed E-state index contributed by atoms with van der Waals surface area (Å²) in [6, 6.07) is 0.683. The molecule has 0 amide bonds. The fraction of sp³-hybridized carbons (Fsp3) is 0.818. The lowest BCUT2D eigenvalue weighted by Crippen LogP contribution is -2.39. The first-order valence-electron chi connectivity index (χ1n) is 5.24. The molecule has 0 spiro atoms. The zero-order chi connectivity index (χ0) is 9.84. The highest BCUT2D eigenvalue weighted by molar-refractivity contribution is 6.22. The Morgan fingerprint density at radius 1 is 1.46 bits per heavy atom. The van der Waals surface area contributed by atoms with Crippen LogP contribution in [0, 0.1) is 0 Å². The minimum Gasteiger partial charge on any atom is -0.301 e. The number of hydrogen-bond donors (Lipinski definition) is 0. The first kappa shape index (κ1) is 11.1. The molecule has 1 aliphatic carbocycles. The number of allylic oxidation sites excluding steroid dienone is 1. The fourth-order valence-corrected chi connectivity index (χ4v) is 2.42. The molecule has 1 rings (SSSR count). The van der Waals surface area contributed by atoms with Gasteiger partial charge in [0.2, 0.25) is 0 Å². The maximum Gasteiger partial charge on any atom is 0.0557 e. The Hall–Kier alpha value is -0.0100. The van der Waals surface area contributed by atoms with E-state index in [1.165, 1.54) is 12.0 Å². The van der Waals surface area contributed by atoms with Crippen LogP contribution in [0.25, 0.3) is 0 Å². The highest BCUT2D eigenvalue weighted by atomic mass is 35.5. The van der Waals surface area contributed by atoms with Crippen molar-refractivity contribution in [2.24, 2.45) is 0 Å². The van der Waals surface area contributed by atoms with Gasteiger partial charge in [0.1, 0.15) is 0 Å². The number of nitrogens with zero attached hydrogens (tertiary/aromatic N) is 1. The molecule has 0 aromatic rings. The average molecular weight is 202 g/mol. The van der Waals surface area contributed by atoms with E-state index in [2.05, 4.69) is 25.3 Å². The molecule has 2 atom stereocenters. The second-order valence-corrected chi connectivity index (χ2v) is 4.30. The van der Waals surface area contributed by atoms with Crippen LogP contribution in [0.4, 0.5) is 0 Å². The topological polar surface area (TPSA) is 3.24 Å². The lowest BCUT2D eigenvalue weighted by atomic mass is 9.90. The molecule has 1 nitrogen and oxygen atoms in total. The Balaban J connectivity index is 2.48. The minimum atomic E-state index is 0.208. The first-order chi connectivity index (χ1) is 6.19. The van der Waals surface area contributed by atoms with Crippen molar-refractivity contribution in [1.29, 1.82) is 0 Å². The lowest BCUT2D eigenvalue weighted by Gasteiger charge is -2.35. The van der Waals surface area contributed by atoms with E-state index < -0.39 is 0 Å². The Labute approximate surface area is 86.8 Å². The number of hydrogen-bond acceptors (Lipinski definition) is 1. The monoisotopic (exact) mass is 201 g/mol. The molecule has 0 bridgehead atoms. The summed E-state index contributed by atoms with van der Waals surface area (Å²) in [6.07, 6.45) is 3.43. The van der Waals surface area contributed by atoms with Crippen molar-refractivity contribution in [1.82, 2.24) is 4.90 Å². The summed E-state index contributed by atoms with van der Waals surface area (Å²) in [5.41, 5.74) is 1.23. The van der Waals surface area contributed by atoms with Gasteiger partial charge in [-0.05, 0) is 32.4 Å². The molecule has 0 radical (unpaired) electrons. The van der Waals surface area contributed by atoms with Crippen molar-refractivity contribution in [3.63, 3.8) is 0 Å². The van der Waals surface area contributed by atoms with Crippen LogP contribution in [0.1, 0.15) is 33.1 Å². The van der Waals surface area contributed by atoms with E-state index in [-0.39, 0.29) is 5.38 Å². The molecule has 1 aliphatic rings. The summed E-state index contributed by atoms with van der Waals surface area (Å²) < 4.78 is 0. The third kappa shape index (κ3) is 2.72. The summed E-state index contributed by atoms with van der Waals surface area (Å²) in [7, 11) is 0. The molecule has 0 aliphatic heterocycles. The molecule has 1 saturated carbocycles. The fourth-order valence-electron chi connectivity index (χ4n) is 2.10. The molecule has 13 heavy (non-hydrogen) atoms. The molecule has 0 N–H and O–H groups in total. The van der Waals surface area contributed by atoms with Gasteiger partial charge in [-0.1, -0.05) is 26.0 Å². The molecule has 0 aromatic heterocycles. The van der Waals surface area contributed by atoms with Crippen molar-refractivity contribution in [2.45, 2.75) is 44.5 Å². The van der Waals surface area contributed by atoms with Crippen LogP contribution < -0.4 is 0 Å². The van der Waals surface area contributed by atoms with Crippen molar-refractivity contribution >= 4 is 11.6 Å². The van der Waals surface area contributed by atoms with E-state index in [9.17, 15) is 0 Å². The molecular formula is C11H20ClN. The van der Waals surface area contributed by atoms with Gasteiger partial charge in [0.15, 0.2) is 0 Å². The number of alkyl halides is 1. The minimum absolute atomic E-state index is 0.208. The molecule has 2 heteroatoms. The molecule has 76 valence electrons. The van der Waals surface area contributed by atoms with E-state index >= 15 is 0 Å². The Kier molecular flexibility index (Phi) is 4.27. The Morgan fingerprint density at radius 2 is 2.08 bits per heavy atom. The molecule has 0 aromatic carbocycles. The maximum atomic E-state index is 6.19. The molecule has 0 saturated heterocycles. The van der Waals surface area contributed by atoms with E-state index in [0.717, 1.165) is 25.9 Å². The largest absolute Gasteiger partial charge is 0.301 e. The number of halogens is 1. The molecule has 2 unspecified atom stereocenters. The van der Waals surface area contributed by atoms with Gasteiger partial charge in [-0.2, -0.15) is 0 Å².